The van der Waals surface area contributed by atoms with Crippen LogP contribution in [0.15, 0.2) is 48.5 Å². The fourth-order valence-corrected chi connectivity index (χ4v) is 3.70. The Morgan fingerprint density at radius 1 is 0.920 bits per heavy atom. The third kappa shape index (κ3) is 3.31. The molecule has 0 radical (unpaired) electrons. The minimum absolute atomic E-state index is 0.280. The van der Waals surface area contributed by atoms with Crippen LogP contribution in [0.5, 0.6) is 5.06 Å². The highest BCUT2D eigenvalue weighted by Crippen LogP contribution is 2.39. The lowest BCUT2D eigenvalue weighted by Crippen LogP contribution is -1.93. The average molecular weight is 356 g/mol. The number of hydrogen-bond acceptors (Lipinski definition) is 2. The number of hydrogen-bond donors (Lipinski definition) is 0. The predicted molar refractivity (Wildman–Crippen MR) is 98.1 cm³/mol. The van der Waals surface area contributed by atoms with Crippen LogP contribution in [0, 0.1) is 11.6 Å². The van der Waals surface area contributed by atoms with Gasteiger partial charge in [-0.25, -0.2) is 8.78 Å². The van der Waals surface area contributed by atoms with Crippen molar-refractivity contribution in [1.82, 2.24) is 0 Å². The number of aryl methyl sites for hydroxylation is 1. The fraction of sp³-hybridized carbons (Fsp3) is 0.238. The third-order valence-electron chi connectivity index (χ3n) is 4.41. The van der Waals surface area contributed by atoms with Crippen molar-refractivity contribution in [3.63, 3.8) is 0 Å². The largest absolute Gasteiger partial charge is 0.481 e. The van der Waals surface area contributed by atoms with Crippen LogP contribution in [0.4, 0.5) is 8.78 Å². The van der Waals surface area contributed by atoms with Gasteiger partial charge in [-0.1, -0.05) is 48.6 Å². The van der Waals surface area contributed by atoms with Crippen molar-refractivity contribution in [2.45, 2.75) is 32.3 Å². The van der Waals surface area contributed by atoms with Crippen LogP contribution in [0.3, 0.4) is 0 Å². The summed E-state index contributed by atoms with van der Waals surface area (Å²) in [4.78, 5) is 0.680. The molecule has 4 heteroatoms. The van der Waals surface area contributed by atoms with Crippen LogP contribution in [0.2, 0.25) is 0 Å². The minimum atomic E-state index is -0.808. The molecule has 2 aromatic carbocycles. The van der Waals surface area contributed by atoms with Gasteiger partial charge in [-0.2, -0.15) is 0 Å². The lowest BCUT2D eigenvalue weighted by atomic mass is 10.0. The average Bonchev–Trinajstić information content (AvgIpc) is 3.33. The maximum absolute atomic E-state index is 14.7. The van der Waals surface area contributed by atoms with E-state index < -0.39 is 11.6 Å². The summed E-state index contributed by atoms with van der Waals surface area (Å²) in [6.07, 6.45) is 3.35. The first kappa shape index (κ1) is 16.3. The monoisotopic (exact) mass is 356 g/mol. The Kier molecular flexibility index (Phi) is 4.30. The summed E-state index contributed by atoms with van der Waals surface area (Å²) in [6, 6.07) is 14.5. The van der Waals surface area contributed by atoms with Crippen LogP contribution >= 0.6 is 11.3 Å². The van der Waals surface area contributed by atoms with E-state index in [1.165, 1.54) is 16.9 Å². The molecule has 1 aliphatic carbocycles. The second-order valence-corrected chi connectivity index (χ2v) is 7.32. The summed E-state index contributed by atoms with van der Waals surface area (Å²) >= 11 is 1.35. The molecule has 0 atom stereocenters. The van der Waals surface area contributed by atoms with Crippen LogP contribution in [0.1, 0.15) is 25.3 Å². The van der Waals surface area contributed by atoms with E-state index >= 15 is 0 Å². The minimum Gasteiger partial charge on any atom is -0.481 e. The van der Waals surface area contributed by atoms with Crippen molar-refractivity contribution in [2.75, 3.05) is 0 Å². The summed E-state index contributed by atoms with van der Waals surface area (Å²) in [5.74, 6) is -1.61. The summed E-state index contributed by atoms with van der Waals surface area (Å²) < 4.78 is 35.0. The molecule has 1 aliphatic rings. The first-order valence-electron chi connectivity index (χ1n) is 8.50. The quantitative estimate of drug-likeness (QED) is 0.509. The Morgan fingerprint density at radius 2 is 1.60 bits per heavy atom. The Balaban J connectivity index is 1.66. The Morgan fingerprint density at radius 3 is 2.28 bits per heavy atom. The van der Waals surface area contributed by atoms with E-state index in [1.54, 1.807) is 18.2 Å². The lowest BCUT2D eigenvalue weighted by Gasteiger charge is -2.08. The van der Waals surface area contributed by atoms with Gasteiger partial charge in [-0.05, 0) is 48.6 Å². The van der Waals surface area contributed by atoms with Gasteiger partial charge in [0.1, 0.15) is 0 Å². The Labute approximate surface area is 149 Å². The molecule has 0 unspecified atom stereocenters. The summed E-state index contributed by atoms with van der Waals surface area (Å²) in [5, 5.41) is 0.761. The zero-order valence-electron chi connectivity index (χ0n) is 13.9. The van der Waals surface area contributed by atoms with E-state index in [2.05, 4.69) is 6.92 Å². The third-order valence-corrected chi connectivity index (χ3v) is 5.42. The Hall–Kier alpha value is -2.20. The van der Waals surface area contributed by atoms with Gasteiger partial charge < -0.3 is 4.74 Å². The first-order chi connectivity index (χ1) is 12.2. The summed E-state index contributed by atoms with van der Waals surface area (Å²) in [6.45, 7) is 2.06. The highest BCUT2D eigenvalue weighted by molar-refractivity contribution is 7.17. The number of benzene rings is 2. The molecule has 25 heavy (non-hydrogen) atoms. The fourth-order valence-electron chi connectivity index (χ4n) is 2.76. The SMILES string of the molecule is CCc1ccc(-c2ccc(-c3ccc(OC4CC4)s3)c(F)c2F)cc1. The van der Waals surface area contributed by atoms with Gasteiger partial charge in [0.15, 0.2) is 16.7 Å². The summed E-state index contributed by atoms with van der Waals surface area (Å²) in [5.41, 5.74) is 2.42. The van der Waals surface area contributed by atoms with Gasteiger partial charge in [0.25, 0.3) is 0 Å². The van der Waals surface area contributed by atoms with Crippen molar-refractivity contribution >= 4 is 11.3 Å². The first-order valence-corrected chi connectivity index (χ1v) is 9.31. The van der Waals surface area contributed by atoms with Crippen LogP contribution in [-0.4, -0.2) is 6.10 Å². The van der Waals surface area contributed by atoms with Crippen molar-refractivity contribution in [3.05, 3.63) is 65.7 Å². The maximum atomic E-state index is 14.7. The smallest absolute Gasteiger partial charge is 0.174 e. The molecule has 4 rings (SSSR count). The van der Waals surface area contributed by atoms with E-state index in [-0.39, 0.29) is 11.1 Å². The molecule has 0 amide bonds. The molecule has 1 nitrogen and oxygen atoms in total. The standard InChI is InChI=1S/C21H18F2OS/c1-2-13-3-5-14(6-4-13)16-9-10-17(21(23)20(16)22)18-11-12-19(25-18)24-15-7-8-15/h3-6,9-12,15H,2,7-8H2,1H3. The highest BCUT2D eigenvalue weighted by atomic mass is 32.1. The lowest BCUT2D eigenvalue weighted by molar-refractivity contribution is 0.312. The number of rotatable bonds is 5. The van der Waals surface area contributed by atoms with Crippen molar-refractivity contribution in [2.24, 2.45) is 0 Å². The molecule has 0 bridgehead atoms. The van der Waals surface area contributed by atoms with Gasteiger partial charge in [-0.3, -0.25) is 0 Å². The maximum Gasteiger partial charge on any atom is 0.174 e. The topological polar surface area (TPSA) is 9.23 Å². The zero-order chi connectivity index (χ0) is 17.4. The molecule has 128 valence electrons. The van der Waals surface area contributed by atoms with E-state index in [0.29, 0.717) is 16.5 Å². The number of ether oxygens (including phenoxy) is 1. The van der Waals surface area contributed by atoms with Crippen LogP contribution < -0.4 is 4.74 Å². The molecular formula is C21H18F2OS. The molecule has 3 aromatic rings. The van der Waals surface area contributed by atoms with Crippen molar-refractivity contribution < 1.29 is 13.5 Å². The molecule has 0 spiro atoms. The number of halogens is 2. The molecular weight excluding hydrogens is 338 g/mol. The van der Waals surface area contributed by atoms with E-state index in [4.69, 9.17) is 4.74 Å². The van der Waals surface area contributed by atoms with Gasteiger partial charge >= 0.3 is 0 Å². The normalized spacial score (nSPS) is 13.9. The second-order valence-electron chi connectivity index (χ2n) is 6.28. The van der Waals surface area contributed by atoms with E-state index in [0.717, 1.165) is 24.3 Å². The molecule has 1 saturated carbocycles. The second kappa shape index (κ2) is 6.60. The zero-order valence-corrected chi connectivity index (χ0v) is 14.7. The molecule has 0 saturated heterocycles. The Bertz CT molecular complexity index is 895. The predicted octanol–water partition coefficient (Wildman–Crippen LogP) is 6.46. The van der Waals surface area contributed by atoms with E-state index in [9.17, 15) is 8.78 Å². The molecule has 0 aliphatic heterocycles. The van der Waals surface area contributed by atoms with Crippen LogP contribution in [0.25, 0.3) is 21.6 Å². The summed E-state index contributed by atoms with van der Waals surface area (Å²) in [7, 11) is 0. The van der Waals surface area contributed by atoms with Gasteiger partial charge in [0.2, 0.25) is 0 Å². The van der Waals surface area contributed by atoms with Crippen molar-refractivity contribution in [3.8, 4) is 26.6 Å². The van der Waals surface area contributed by atoms with Gasteiger partial charge in [0, 0.05) is 16.0 Å². The molecule has 0 N–H and O–H groups in total. The van der Waals surface area contributed by atoms with E-state index in [1.807, 2.05) is 30.3 Å². The van der Waals surface area contributed by atoms with Gasteiger partial charge in [-0.15, -0.1) is 0 Å². The molecule has 1 aromatic heterocycles. The molecule has 1 heterocycles. The highest BCUT2D eigenvalue weighted by Gasteiger charge is 2.24. The molecule has 1 fully saturated rings. The van der Waals surface area contributed by atoms with Gasteiger partial charge in [0.05, 0.1) is 6.10 Å². The van der Waals surface area contributed by atoms with Crippen LogP contribution in [-0.2, 0) is 6.42 Å². The van der Waals surface area contributed by atoms with Crippen molar-refractivity contribution in [1.29, 1.82) is 0 Å². The number of thiophene rings is 1.